The van der Waals surface area contributed by atoms with Crippen LogP contribution in [-0.4, -0.2) is 4.98 Å². The summed E-state index contributed by atoms with van der Waals surface area (Å²) in [7, 11) is 0. The summed E-state index contributed by atoms with van der Waals surface area (Å²) >= 11 is 7.51. The monoisotopic (exact) mass is 264 g/mol. The second-order valence-electron chi connectivity index (χ2n) is 3.73. The van der Waals surface area contributed by atoms with Gasteiger partial charge in [0, 0.05) is 16.3 Å². The lowest BCUT2D eigenvalue weighted by atomic mass is 10.2. The van der Waals surface area contributed by atoms with Crippen molar-refractivity contribution in [2.75, 3.05) is 5.73 Å². The summed E-state index contributed by atoms with van der Waals surface area (Å²) in [6.45, 7) is 2.01. The van der Waals surface area contributed by atoms with Gasteiger partial charge in [-0.25, -0.2) is 4.98 Å². The van der Waals surface area contributed by atoms with Crippen LogP contribution in [0.1, 0.15) is 11.3 Å². The van der Waals surface area contributed by atoms with Gasteiger partial charge in [-0.1, -0.05) is 29.8 Å². The molecule has 2 aromatic rings. The highest BCUT2D eigenvalue weighted by Crippen LogP contribution is 2.29. The zero-order chi connectivity index (χ0) is 12.3. The van der Waals surface area contributed by atoms with Crippen molar-refractivity contribution in [2.24, 2.45) is 0 Å². The Morgan fingerprint density at radius 1 is 1.24 bits per heavy atom. The standard InChI is InChI=1S/C13H13ClN2S/c1-9-4-2-6-11(13(9)15)17-8-10-5-3-7-12(14)16-10/h2-7H,8,15H2,1H3. The molecule has 0 radical (unpaired) electrons. The zero-order valence-electron chi connectivity index (χ0n) is 9.48. The van der Waals surface area contributed by atoms with Gasteiger partial charge in [0.25, 0.3) is 0 Å². The van der Waals surface area contributed by atoms with Gasteiger partial charge in [-0.05, 0) is 30.7 Å². The zero-order valence-corrected chi connectivity index (χ0v) is 11.1. The molecule has 88 valence electrons. The van der Waals surface area contributed by atoms with E-state index in [1.807, 2.05) is 37.3 Å². The lowest BCUT2D eigenvalue weighted by Gasteiger charge is -2.07. The van der Waals surface area contributed by atoms with Gasteiger partial charge in [0.05, 0.1) is 5.69 Å². The Kier molecular flexibility index (Phi) is 3.92. The molecule has 4 heteroatoms. The van der Waals surface area contributed by atoms with Crippen LogP contribution < -0.4 is 5.73 Å². The third-order valence-corrected chi connectivity index (χ3v) is 3.75. The number of nitrogens with two attached hydrogens (primary N) is 1. The molecule has 0 aliphatic rings. The number of nitrogen functional groups attached to an aromatic ring is 1. The predicted octanol–water partition coefficient (Wildman–Crippen LogP) is 3.92. The topological polar surface area (TPSA) is 38.9 Å². The van der Waals surface area contributed by atoms with E-state index in [-0.39, 0.29) is 0 Å². The Bertz CT molecular complexity index is 529. The number of benzene rings is 1. The van der Waals surface area contributed by atoms with Gasteiger partial charge in [0.15, 0.2) is 0 Å². The maximum absolute atomic E-state index is 6.01. The average molecular weight is 265 g/mol. The van der Waals surface area contributed by atoms with E-state index in [1.54, 1.807) is 17.8 Å². The molecule has 2 N–H and O–H groups in total. The van der Waals surface area contributed by atoms with Crippen molar-refractivity contribution in [2.45, 2.75) is 17.6 Å². The van der Waals surface area contributed by atoms with E-state index in [1.165, 1.54) is 0 Å². The van der Waals surface area contributed by atoms with E-state index in [2.05, 4.69) is 4.98 Å². The maximum atomic E-state index is 6.01. The highest BCUT2D eigenvalue weighted by atomic mass is 35.5. The van der Waals surface area contributed by atoms with Crippen molar-refractivity contribution in [1.82, 2.24) is 4.98 Å². The minimum Gasteiger partial charge on any atom is -0.398 e. The van der Waals surface area contributed by atoms with Gasteiger partial charge in [-0.15, -0.1) is 11.8 Å². The van der Waals surface area contributed by atoms with E-state index < -0.39 is 0 Å². The Balaban J connectivity index is 2.10. The number of halogens is 1. The lowest BCUT2D eigenvalue weighted by Crippen LogP contribution is -1.93. The number of rotatable bonds is 3. The van der Waals surface area contributed by atoms with Crippen LogP contribution in [0.4, 0.5) is 5.69 Å². The quantitative estimate of drug-likeness (QED) is 0.519. The normalized spacial score (nSPS) is 10.5. The van der Waals surface area contributed by atoms with E-state index >= 15 is 0 Å². The molecule has 2 rings (SSSR count). The van der Waals surface area contributed by atoms with Crippen molar-refractivity contribution < 1.29 is 0 Å². The number of pyridine rings is 1. The van der Waals surface area contributed by atoms with Crippen LogP contribution in [0.3, 0.4) is 0 Å². The second-order valence-corrected chi connectivity index (χ2v) is 5.13. The number of nitrogens with zero attached hydrogens (tertiary/aromatic N) is 1. The molecule has 1 heterocycles. The lowest BCUT2D eigenvalue weighted by molar-refractivity contribution is 1.17. The number of hydrogen-bond donors (Lipinski definition) is 1. The Morgan fingerprint density at radius 2 is 2.00 bits per heavy atom. The molecule has 0 aliphatic carbocycles. The smallest absolute Gasteiger partial charge is 0.129 e. The summed E-state index contributed by atoms with van der Waals surface area (Å²) in [6.07, 6.45) is 0. The average Bonchev–Trinajstić information content (AvgIpc) is 2.31. The van der Waals surface area contributed by atoms with Gasteiger partial charge in [0.2, 0.25) is 0 Å². The fourth-order valence-electron chi connectivity index (χ4n) is 1.46. The van der Waals surface area contributed by atoms with Crippen molar-refractivity contribution in [3.05, 3.63) is 52.8 Å². The van der Waals surface area contributed by atoms with Crippen LogP contribution in [-0.2, 0) is 5.75 Å². The first-order valence-electron chi connectivity index (χ1n) is 5.26. The minimum absolute atomic E-state index is 0.528. The highest BCUT2D eigenvalue weighted by molar-refractivity contribution is 7.98. The van der Waals surface area contributed by atoms with E-state index in [0.29, 0.717) is 5.15 Å². The Labute approximate surface area is 110 Å². The molecular weight excluding hydrogens is 252 g/mol. The highest BCUT2D eigenvalue weighted by Gasteiger charge is 2.03. The summed E-state index contributed by atoms with van der Waals surface area (Å²) in [5, 5.41) is 0.528. The van der Waals surface area contributed by atoms with Gasteiger partial charge in [-0.2, -0.15) is 0 Å². The van der Waals surface area contributed by atoms with Gasteiger partial charge in [-0.3, -0.25) is 0 Å². The van der Waals surface area contributed by atoms with E-state index in [9.17, 15) is 0 Å². The van der Waals surface area contributed by atoms with Crippen LogP contribution in [0.2, 0.25) is 5.15 Å². The van der Waals surface area contributed by atoms with Gasteiger partial charge >= 0.3 is 0 Å². The predicted molar refractivity (Wildman–Crippen MR) is 74.4 cm³/mol. The van der Waals surface area contributed by atoms with Crippen molar-refractivity contribution in [3.8, 4) is 0 Å². The number of aryl methyl sites for hydroxylation is 1. The number of anilines is 1. The first kappa shape index (κ1) is 12.3. The van der Waals surface area contributed by atoms with Crippen LogP contribution in [0.5, 0.6) is 0 Å². The third kappa shape index (κ3) is 3.14. The molecule has 0 saturated carbocycles. The van der Waals surface area contributed by atoms with Gasteiger partial charge in [0.1, 0.15) is 5.15 Å². The molecule has 0 atom stereocenters. The Morgan fingerprint density at radius 3 is 2.76 bits per heavy atom. The first-order valence-corrected chi connectivity index (χ1v) is 6.62. The summed E-state index contributed by atoms with van der Waals surface area (Å²) in [4.78, 5) is 5.33. The fraction of sp³-hybridized carbons (Fsp3) is 0.154. The molecule has 1 aromatic heterocycles. The summed E-state index contributed by atoms with van der Waals surface area (Å²) in [5.41, 5.74) is 8.92. The largest absolute Gasteiger partial charge is 0.398 e. The van der Waals surface area contributed by atoms with Crippen molar-refractivity contribution in [3.63, 3.8) is 0 Å². The molecule has 0 amide bonds. The van der Waals surface area contributed by atoms with E-state index in [0.717, 1.165) is 27.6 Å². The van der Waals surface area contributed by atoms with Crippen LogP contribution in [0.25, 0.3) is 0 Å². The van der Waals surface area contributed by atoms with E-state index in [4.69, 9.17) is 17.3 Å². The first-order chi connectivity index (χ1) is 8.16. The molecule has 2 nitrogen and oxygen atoms in total. The van der Waals surface area contributed by atoms with Gasteiger partial charge < -0.3 is 5.73 Å². The molecule has 0 spiro atoms. The van der Waals surface area contributed by atoms with Crippen LogP contribution in [0.15, 0.2) is 41.3 Å². The minimum atomic E-state index is 0.528. The molecule has 0 fully saturated rings. The number of hydrogen-bond acceptors (Lipinski definition) is 3. The molecule has 0 saturated heterocycles. The summed E-state index contributed by atoms with van der Waals surface area (Å²) in [6, 6.07) is 11.7. The summed E-state index contributed by atoms with van der Waals surface area (Å²) < 4.78 is 0. The number of thioether (sulfide) groups is 1. The molecule has 0 unspecified atom stereocenters. The fourth-order valence-corrected chi connectivity index (χ4v) is 2.60. The molecule has 0 aliphatic heterocycles. The number of aromatic nitrogens is 1. The second kappa shape index (κ2) is 5.43. The third-order valence-electron chi connectivity index (χ3n) is 2.43. The van der Waals surface area contributed by atoms with Crippen molar-refractivity contribution in [1.29, 1.82) is 0 Å². The van der Waals surface area contributed by atoms with Crippen LogP contribution >= 0.6 is 23.4 Å². The molecular formula is C13H13ClN2S. The van der Waals surface area contributed by atoms with Crippen molar-refractivity contribution >= 4 is 29.1 Å². The molecule has 17 heavy (non-hydrogen) atoms. The molecule has 1 aromatic carbocycles. The molecule has 0 bridgehead atoms. The van der Waals surface area contributed by atoms with Crippen LogP contribution in [0, 0.1) is 6.92 Å². The SMILES string of the molecule is Cc1cccc(SCc2cccc(Cl)n2)c1N. The Hall–Kier alpha value is -1.19. The summed E-state index contributed by atoms with van der Waals surface area (Å²) in [5.74, 6) is 0.772. The maximum Gasteiger partial charge on any atom is 0.129 e. The number of para-hydroxylation sites is 1.